The number of aromatic amines is 1. The number of carbonyl (C=O) groups is 2. The van der Waals surface area contributed by atoms with Crippen molar-refractivity contribution in [3.8, 4) is 5.75 Å². The van der Waals surface area contributed by atoms with Crippen molar-refractivity contribution < 1.29 is 19.4 Å². The molecule has 3 atom stereocenters. The molecule has 2 aromatic carbocycles. The Labute approximate surface area is 187 Å². The molecule has 0 radical (unpaired) electrons. The molecule has 0 aliphatic carbocycles. The number of carbonyl (C=O) groups excluding carboxylic acids is 1. The van der Waals surface area contributed by atoms with E-state index in [9.17, 15) is 4.79 Å². The Morgan fingerprint density at radius 1 is 1.06 bits per heavy atom. The van der Waals surface area contributed by atoms with Crippen molar-refractivity contribution in [1.82, 2.24) is 14.8 Å². The van der Waals surface area contributed by atoms with E-state index in [1.165, 1.54) is 5.56 Å². The van der Waals surface area contributed by atoms with Crippen LogP contribution in [-0.4, -0.2) is 65.6 Å². The van der Waals surface area contributed by atoms with Gasteiger partial charge in [0.05, 0.1) is 7.11 Å². The second-order valence-electron chi connectivity index (χ2n) is 8.59. The number of hydrogen-bond donors (Lipinski definition) is 2. The smallest absolute Gasteiger partial charge is 0.300 e. The van der Waals surface area contributed by atoms with Crippen LogP contribution in [0, 0.1) is 11.8 Å². The molecule has 1 amide bonds. The van der Waals surface area contributed by atoms with E-state index in [1.807, 2.05) is 47.5 Å². The highest BCUT2D eigenvalue weighted by Crippen LogP contribution is 2.44. The molecule has 0 bridgehead atoms. The molecule has 1 aromatic heterocycles. The number of aliphatic carboxylic acids is 1. The third kappa shape index (κ3) is 4.34. The number of hydrogen-bond acceptors (Lipinski definition) is 4. The van der Waals surface area contributed by atoms with Crippen molar-refractivity contribution in [3.05, 3.63) is 65.9 Å². The van der Waals surface area contributed by atoms with E-state index in [4.69, 9.17) is 14.6 Å². The predicted molar refractivity (Wildman–Crippen MR) is 123 cm³/mol. The maximum absolute atomic E-state index is 13.1. The van der Waals surface area contributed by atoms with Crippen LogP contribution in [0.1, 0.15) is 28.9 Å². The number of likely N-dealkylation sites (tertiary alicyclic amines) is 2. The van der Waals surface area contributed by atoms with Gasteiger partial charge in [0.25, 0.3) is 11.9 Å². The Balaban J connectivity index is 0.000000567. The zero-order chi connectivity index (χ0) is 22.8. The van der Waals surface area contributed by atoms with Gasteiger partial charge in [-0.15, -0.1) is 0 Å². The van der Waals surface area contributed by atoms with Crippen LogP contribution in [0.4, 0.5) is 0 Å². The monoisotopic (exact) mass is 435 g/mol. The number of methoxy groups -OCH3 is 1. The quantitative estimate of drug-likeness (QED) is 0.656. The lowest BCUT2D eigenvalue weighted by Crippen LogP contribution is -2.33. The van der Waals surface area contributed by atoms with Crippen LogP contribution >= 0.6 is 0 Å². The molecule has 168 valence electrons. The molecule has 3 heterocycles. The third-order valence-corrected chi connectivity index (χ3v) is 6.44. The lowest BCUT2D eigenvalue weighted by atomic mass is 9.89. The Hall–Kier alpha value is -3.32. The van der Waals surface area contributed by atoms with Gasteiger partial charge in [-0.1, -0.05) is 12.1 Å². The average Bonchev–Trinajstić information content (AvgIpc) is 3.46. The van der Waals surface area contributed by atoms with Crippen LogP contribution < -0.4 is 4.74 Å². The summed E-state index contributed by atoms with van der Waals surface area (Å²) in [5.74, 6) is 1.19. The normalized spacial score (nSPS) is 22.3. The Morgan fingerprint density at radius 2 is 1.78 bits per heavy atom. The minimum Gasteiger partial charge on any atom is -0.497 e. The number of carboxylic acids is 1. The zero-order valence-electron chi connectivity index (χ0n) is 18.6. The number of fused-ring (bicyclic) bond motifs is 2. The standard InChI is InChI=1S/C23H25N3O2.C2H4O2/c1-25-12-18-13-26(23(27)17-5-8-21-16(11-17)9-10-24-21)14-20(18)22(25)15-3-6-19(28-2)7-4-15;1-2(3)4/h3-11,18,20,22,24H,12-14H2,1-2H3;1H3,(H,3,4)/t18-,20+,22-;/m0./s1. The van der Waals surface area contributed by atoms with E-state index in [0.717, 1.165) is 48.8 Å². The second kappa shape index (κ2) is 9.04. The van der Waals surface area contributed by atoms with Crippen molar-refractivity contribution in [2.45, 2.75) is 13.0 Å². The van der Waals surface area contributed by atoms with E-state index in [2.05, 4.69) is 29.1 Å². The van der Waals surface area contributed by atoms with Crippen molar-refractivity contribution in [2.24, 2.45) is 11.8 Å². The number of ether oxygens (including phenoxy) is 1. The molecular weight excluding hydrogens is 406 g/mol. The van der Waals surface area contributed by atoms with Gasteiger partial charge in [0.2, 0.25) is 0 Å². The van der Waals surface area contributed by atoms with E-state index >= 15 is 0 Å². The van der Waals surface area contributed by atoms with Gasteiger partial charge in [-0.05, 0) is 54.9 Å². The van der Waals surface area contributed by atoms with Crippen LogP contribution in [0.15, 0.2) is 54.7 Å². The summed E-state index contributed by atoms with van der Waals surface area (Å²) in [4.78, 5) is 29.8. The summed E-state index contributed by atoms with van der Waals surface area (Å²) in [5.41, 5.74) is 3.15. The molecular formula is C25H29N3O4. The molecule has 7 nitrogen and oxygen atoms in total. The van der Waals surface area contributed by atoms with E-state index in [1.54, 1.807) is 7.11 Å². The van der Waals surface area contributed by atoms with Crippen LogP contribution in [0.3, 0.4) is 0 Å². The number of rotatable bonds is 3. The molecule has 0 unspecified atom stereocenters. The zero-order valence-corrected chi connectivity index (χ0v) is 18.6. The van der Waals surface area contributed by atoms with E-state index in [0.29, 0.717) is 17.9 Å². The molecule has 3 aromatic rings. The first kappa shape index (κ1) is 21.9. The van der Waals surface area contributed by atoms with Crippen molar-refractivity contribution in [2.75, 3.05) is 33.8 Å². The van der Waals surface area contributed by atoms with Gasteiger partial charge in [-0.2, -0.15) is 0 Å². The van der Waals surface area contributed by atoms with Gasteiger partial charge in [0, 0.05) is 61.2 Å². The summed E-state index contributed by atoms with van der Waals surface area (Å²) in [6, 6.07) is 16.7. The fraction of sp³-hybridized carbons (Fsp3) is 0.360. The van der Waals surface area contributed by atoms with E-state index < -0.39 is 5.97 Å². The predicted octanol–water partition coefficient (Wildman–Crippen LogP) is 3.64. The Bertz CT molecular complexity index is 1100. The number of H-pyrrole nitrogens is 1. The van der Waals surface area contributed by atoms with Gasteiger partial charge in [-0.25, -0.2) is 0 Å². The molecule has 2 N–H and O–H groups in total. The SMILES string of the molecule is CC(=O)O.COc1ccc([C@H]2[C@@H]3CN(C(=O)c4ccc5[nH]ccc5c4)C[C@@H]3CN2C)cc1. The first-order chi connectivity index (χ1) is 15.4. The summed E-state index contributed by atoms with van der Waals surface area (Å²) >= 11 is 0. The molecule has 2 aliphatic rings. The Morgan fingerprint density at radius 3 is 2.47 bits per heavy atom. The van der Waals surface area contributed by atoms with Gasteiger partial charge in [-0.3, -0.25) is 14.5 Å². The topological polar surface area (TPSA) is 85.9 Å². The number of carboxylic acid groups (broad SMARTS) is 1. The number of nitrogens with zero attached hydrogens (tertiary/aromatic N) is 2. The van der Waals surface area contributed by atoms with Gasteiger partial charge < -0.3 is 19.7 Å². The minimum absolute atomic E-state index is 0.147. The maximum Gasteiger partial charge on any atom is 0.300 e. The van der Waals surface area contributed by atoms with Crippen molar-refractivity contribution in [3.63, 3.8) is 0 Å². The molecule has 2 fully saturated rings. The van der Waals surface area contributed by atoms with Gasteiger partial charge in [0.15, 0.2) is 0 Å². The third-order valence-electron chi connectivity index (χ3n) is 6.44. The highest BCUT2D eigenvalue weighted by molar-refractivity contribution is 5.98. The second-order valence-corrected chi connectivity index (χ2v) is 8.59. The molecule has 0 saturated carbocycles. The number of amides is 1. The summed E-state index contributed by atoms with van der Waals surface area (Å²) in [7, 11) is 3.89. The lowest BCUT2D eigenvalue weighted by Gasteiger charge is -2.27. The van der Waals surface area contributed by atoms with Crippen LogP contribution in [0.5, 0.6) is 5.75 Å². The van der Waals surface area contributed by atoms with Gasteiger partial charge >= 0.3 is 0 Å². The molecule has 7 heteroatoms. The minimum atomic E-state index is -0.833. The average molecular weight is 436 g/mol. The summed E-state index contributed by atoms with van der Waals surface area (Å²) < 4.78 is 5.30. The highest BCUT2D eigenvalue weighted by atomic mass is 16.5. The van der Waals surface area contributed by atoms with E-state index in [-0.39, 0.29) is 5.91 Å². The number of nitrogens with one attached hydrogen (secondary N) is 1. The molecule has 2 saturated heterocycles. The molecule has 5 rings (SSSR count). The van der Waals surface area contributed by atoms with Crippen molar-refractivity contribution in [1.29, 1.82) is 0 Å². The Kier molecular flexibility index (Phi) is 6.19. The van der Waals surface area contributed by atoms with Crippen LogP contribution in [-0.2, 0) is 4.79 Å². The summed E-state index contributed by atoms with van der Waals surface area (Å²) in [6.45, 7) is 3.77. The van der Waals surface area contributed by atoms with Crippen LogP contribution in [0.2, 0.25) is 0 Å². The fourth-order valence-corrected chi connectivity index (χ4v) is 5.10. The van der Waals surface area contributed by atoms with Gasteiger partial charge in [0.1, 0.15) is 5.75 Å². The number of aromatic nitrogens is 1. The summed E-state index contributed by atoms with van der Waals surface area (Å²) in [5, 5.41) is 8.50. The first-order valence-corrected chi connectivity index (χ1v) is 10.8. The number of benzene rings is 2. The lowest BCUT2D eigenvalue weighted by molar-refractivity contribution is -0.134. The van der Waals surface area contributed by atoms with Crippen molar-refractivity contribution >= 4 is 22.8 Å². The highest BCUT2D eigenvalue weighted by Gasteiger charge is 2.47. The molecule has 32 heavy (non-hydrogen) atoms. The molecule has 0 spiro atoms. The summed E-state index contributed by atoms with van der Waals surface area (Å²) in [6.07, 6.45) is 1.91. The maximum atomic E-state index is 13.1. The first-order valence-electron chi connectivity index (χ1n) is 10.8. The molecule has 2 aliphatic heterocycles. The fourth-order valence-electron chi connectivity index (χ4n) is 5.10. The van der Waals surface area contributed by atoms with Crippen LogP contribution in [0.25, 0.3) is 10.9 Å². The largest absolute Gasteiger partial charge is 0.497 e.